The maximum atomic E-state index is 13.4. The maximum Gasteiger partial charge on any atom is 0.417 e. The van der Waals surface area contributed by atoms with Crippen molar-refractivity contribution in [2.75, 3.05) is 39.6 Å². The van der Waals surface area contributed by atoms with E-state index in [2.05, 4.69) is 20.9 Å². The Morgan fingerprint density at radius 1 is 1.05 bits per heavy atom. The SMILES string of the molecule is CNC(=O)c1cc(Oc2ccc(CNC(=O)Nc3cc(C(F)(F)F)c(Cl)cc3OCCN(C)C)cc2)ccn1. The summed E-state index contributed by atoms with van der Waals surface area (Å²) >= 11 is 5.83. The number of alkyl halides is 3. The maximum absolute atomic E-state index is 13.4. The van der Waals surface area contributed by atoms with E-state index < -0.39 is 22.8 Å². The summed E-state index contributed by atoms with van der Waals surface area (Å²) in [5.41, 5.74) is -0.351. The number of rotatable bonds is 10. The van der Waals surface area contributed by atoms with Crippen LogP contribution < -0.4 is 25.4 Å². The Balaban J connectivity index is 1.63. The van der Waals surface area contributed by atoms with Crippen molar-refractivity contribution in [2.45, 2.75) is 12.7 Å². The predicted molar refractivity (Wildman–Crippen MR) is 141 cm³/mol. The van der Waals surface area contributed by atoms with Gasteiger partial charge in [-0.2, -0.15) is 13.2 Å². The first kappa shape index (κ1) is 29.5. The molecule has 3 N–H and O–H groups in total. The van der Waals surface area contributed by atoms with Crippen molar-refractivity contribution in [3.05, 3.63) is 76.6 Å². The third-order valence-electron chi connectivity index (χ3n) is 5.22. The lowest BCUT2D eigenvalue weighted by molar-refractivity contribution is -0.137. The van der Waals surface area contributed by atoms with Gasteiger partial charge in [0, 0.05) is 38.5 Å². The Bertz CT molecular complexity index is 1300. The quantitative estimate of drug-likeness (QED) is 0.313. The molecule has 0 aliphatic rings. The zero-order chi connectivity index (χ0) is 28.6. The van der Waals surface area contributed by atoms with E-state index in [0.717, 1.165) is 12.1 Å². The molecule has 0 aliphatic carbocycles. The van der Waals surface area contributed by atoms with Gasteiger partial charge in [-0.1, -0.05) is 23.7 Å². The van der Waals surface area contributed by atoms with E-state index in [1.807, 2.05) is 19.0 Å². The van der Waals surface area contributed by atoms with Gasteiger partial charge in [-0.25, -0.2) is 4.79 Å². The van der Waals surface area contributed by atoms with Crippen LogP contribution in [-0.2, 0) is 12.7 Å². The number of carbonyl (C=O) groups excluding carboxylic acids is 2. The summed E-state index contributed by atoms with van der Waals surface area (Å²) in [7, 11) is 5.13. The largest absolute Gasteiger partial charge is 0.490 e. The smallest absolute Gasteiger partial charge is 0.417 e. The first-order valence-corrected chi connectivity index (χ1v) is 12.0. The second-order valence-corrected chi connectivity index (χ2v) is 8.89. The number of amides is 3. The van der Waals surface area contributed by atoms with E-state index in [4.69, 9.17) is 21.1 Å². The van der Waals surface area contributed by atoms with Crippen LogP contribution in [0.3, 0.4) is 0 Å². The highest BCUT2D eigenvalue weighted by Gasteiger charge is 2.34. The van der Waals surface area contributed by atoms with E-state index in [1.54, 1.807) is 30.3 Å². The molecule has 0 aliphatic heterocycles. The number of urea groups is 1. The second kappa shape index (κ2) is 13.2. The second-order valence-electron chi connectivity index (χ2n) is 8.49. The molecule has 1 aromatic heterocycles. The normalized spacial score (nSPS) is 11.2. The number of benzene rings is 2. The molecule has 0 fully saturated rings. The lowest BCUT2D eigenvalue weighted by Gasteiger charge is -2.18. The molecule has 0 saturated heterocycles. The molecule has 9 nitrogen and oxygen atoms in total. The van der Waals surface area contributed by atoms with Crippen molar-refractivity contribution in [1.82, 2.24) is 20.5 Å². The number of hydrogen-bond donors (Lipinski definition) is 3. The summed E-state index contributed by atoms with van der Waals surface area (Å²) < 4.78 is 51.4. The number of ether oxygens (including phenoxy) is 2. The molecule has 3 amide bonds. The van der Waals surface area contributed by atoms with E-state index in [0.29, 0.717) is 23.6 Å². The van der Waals surface area contributed by atoms with Crippen molar-refractivity contribution in [1.29, 1.82) is 0 Å². The standard InChI is InChI=1S/C26H27ClF3N5O4/c1-31-24(36)22-12-18(8-9-32-22)39-17-6-4-16(5-7-17)15-33-25(37)34-21-13-19(26(28,29)30)20(27)14-23(21)38-11-10-35(2)3/h4-9,12-14H,10-11,15H2,1-3H3,(H,31,36)(H2,33,34,37). The zero-order valence-electron chi connectivity index (χ0n) is 21.4. The van der Waals surface area contributed by atoms with Crippen molar-refractivity contribution in [2.24, 2.45) is 0 Å². The Morgan fingerprint density at radius 2 is 1.77 bits per heavy atom. The third-order valence-corrected chi connectivity index (χ3v) is 5.53. The predicted octanol–water partition coefficient (Wildman–Crippen LogP) is 5.17. The van der Waals surface area contributed by atoms with Gasteiger partial charge in [0.2, 0.25) is 0 Å². The van der Waals surface area contributed by atoms with Crippen LogP contribution in [0, 0.1) is 0 Å². The molecule has 0 atom stereocenters. The highest BCUT2D eigenvalue weighted by molar-refractivity contribution is 6.31. The number of pyridine rings is 1. The number of aromatic nitrogens is 1. The van der Waals surface area contributed by atoms with Crippen molar-refractivity contribution >= 4 is 29.2 Å². The summed E-state index contributed by atoms with van der Waals surface area (Å²) in [5.74, 6) is 0.569. The molecule has 208 valence electrons. The summed E-state index contributed by atoms with van der Waals surface area (Å²) in [5, 5.41) is 6.96. The van der Waals surface area contributed by atoms with E-state index in [-0.39, 0.29) is 36.2 Å². The van der Waals surface area contributed by atoms with Crippen molar-refractivity contribution < 1.29 is 32.2 Å². The van der Waals surface area contributed by atoms with E-state index in [9.17, 15) is 22.8 Å². The summed E-state index contributed by atoms with van der Waals surface area (Å²) in [6.45, 7) is 0.755. The molecule has 39 heavy (non-hydrogen) atoms. The van der Waals surface area contributed by atoms with Crippen LogP contribution in [0.2, 0.25) is 5.02 Å². The minimum atomic E-state index is -4.71. The lowest BCUT2D eigenvalue weighted by Crippen LogP contribution is -2.28. The molecule has 2 aromatic carbocycles. The monoisotopic (exact) mass is 565 g/mol. The van der Waals surface area contributed by atoms with Gasteiger partial charge >= 0.3 is 12.2 Å². The molecule has 3 rings (SSSR count). The minimum absolute atomic E-state index is 0.0159. The highest BCUT2D eigenvalue weighted by Crippen LogP contribution is 2.40. The fraction of sp³-hybridized carbons (Fsp3) is 0.269. The fourth-order valence-corrected chi connectivity index (χ4v) is 3.48. The van der Waals surface area contributed by atoms with Crippen LogP contribution in [0.4, 0.5) is 23.7 Å². The Morgan fingerprint density at radius 3 is 2.41 bits per heavy atom. The van der Waals surface area contributed by atoms with Gasteiger partial charge in [0.15, 0.2) is 0 Å². The molecule has 3 aromatic rings. The van der Waals surface area contributed by atoms with Crippen LogP contribution in [-0.4, -0.2) is 56.1 Å². The summed E-state index contributed by atoms with van der Waals surface area (Å²) in [6, 6.07) is 10.9. The molecule has 0 saturated carbocycles. The molecular weight excluding hydrogens is 539 g/mol. The Kier molecular flexibility index (Phi) is 9.96. The number of halogens is 4. The van der Waals surface area contributed by atoms with Crippen LogP contribution in [0.5, 0.6) is 17.2 Å². The average molecular weight is 566 g/mol. The molecular formula is C26H27ClF3N5O4. The van der Waals surface area contributed by atoms with Crippen molar-refractivity contribution in [3.8, 4) is 17.2 Å². The van der Waals surface area contributed by atoms with Gasteiger partial charge in [-0.3, -0.25) is 9.78 Å². The van der Waals surface area contributed by atoms with Crippen LogP contribution in [0.25, 0.3) is 0 Å². The van der Waals surface area contributed by atoms with Gasteiger partial charge in [-0.05, 0) is 43.9 Å². The van der Waals surface area contributed by atoms with Gasteiger partial charge < -0.3 is 30.3 Å². The first-order valence-electron chi connectivity index (χ1n) is 11.6. The van der Waals surface area contributed by atoms with Gasteiger partial charge in [0.1, 0.15) is 29.5 Å². The molecule has 0 radical (unpaired) electrons. The molecule has 1 heterocycles. The fourth-order valence-electron chi connectivity index (χ4n) is 3.21. The molecule has 0 bridgehead atoms. The average Bonchev–Trinajstić information content (AvgIpc) is 2.88. The van der Waals surface area contributed by atoms with Gasteiger partial charge in [0.25, 0.3) is 5.91 Å². The Hall–Kier alpha value is -4.03. The number of nitrogens with one attached hydrogen (secondary N) is 3. The molecule has 0 spiro atoms. The highest BCUT2D eigenvalue weighted by atomic mass is 35.5. The first-order chi connectivity index (χ1) is 18.5. The number of likely N-dealkylation sites (N-methyl/N-ethyl adjacent to an activating group) is 1. The van der Waals surface area contributed by atoms with E-state index >= 15 is 0 Å². The van der Waals surface area contributed by atoms with Crippen LogP contribution >= 0.6 is 11.6 Å². The van der Waals surface area contributed by atoms with Gasteiger partial charge in [-0.15, -0.1) is 0 Å². The van der Waals surface area contributed by atoms with Crippen molar-refractivity contribution in [3.63, 3.8) is 0 Å². The lowest BCUT2D eigenvalue weighted by atomic mass is 10.1. The van der Waals surface area contributed by atoms with Crippen LogP contribution in [0.15, 0.2) is 54.7 Å². The van der Waals surface area contributed by atoms with Crippen LogP contribution in [0.1, 0.15) is 21.6 Å². The minimum Gasteiger partial charge on any atom is -0.490 e. The summed E-state index contributed by atoms with van der Waals surface area (Å²) in [4.78, 5) is 30.1. The van der Waals surface area contributed by atoms with E-state index in [1.165, 1.54) is 19.3 Å². The Labute approximate surface area is 228 Å². The number of hydrogen-bond acceptors (Lipinski definition) is 6. The third kappa shape index (κ3) is 8.76. The van der Waals surface area contributed by atoms with Gasteiger partial charge in [0.05, 0.1) is 16.3 Å². The molecule has 0 unspecified atom stereocenters. The molecule has 13 heteroatoms. The zero-order valence-corrected chi connectivity index (χ0v) is 22.1. The number of nitrogens with zero attached hydrogens (tertiary/aromatic N) is 2. The number of carbonyl (C=O) groups is 2. The topological polar surface area (TPSA) is 105 Å². The summed E-state index contributed by atoms with van der Waals surface area (Å²) in [6.07, 6.45) is -3.26. The number of anilines is 1.